The lowest BCUT2D eigenvalue weighted by molar-refractivity contribution is -0.139. The zero-order valence-corrected chi connectivity index (χ0v) is 16.1. The molecule has 1 fully saturated rings. The summed E-state index contributed by atoms with van der Waals surface area (Å²) in [5.41, 5.74) is -0.786. The van der Waals surface area contributed by atoms with Gasteiger partial charge in [-0.15, -0.1) is 0 Å². The van der Waals surface area contributed by atoms with Gasteiger partial charge < -0.3 is 10.2 Å². The largest absolute Gasteiger partial charge is 0.417 e. The lowest BCUT2D eigenvalue weighted by atomic mass is 9.81. The smallest absolute Gasteiger partial charge is 0.342 e. The van der Waals surface area contributed by atoms with E-state index in [1.165, 1.54) is 12.1 Å². The van der Waals surface area contributed by atoms with Gasteiger partial charge in [-0.3, -0.25) is 9.59 Å². The number of alkyl halides is 3. The van der Waals surface area contributed by atoms with Crippen molar-refractivity contribution in [2.75, 3.05) is 18.4 Å². The van der Waals surface area contributed by atoms with Crippen molar-refractivity contribution in [1.82, 2.24) is 4.90 Å². The summed E-state index contributed by atoms with van der Waals surface area (Å²) in [7, 11) is 0. The second-order valence-electron chi connectivity index (χ2n) is 6.87. The first-order chi connectivity index (χ1) is 12.8. The predicted molar refractivity (Wildman–Crippen MR) is 98.9 cm³/mol. The van der Waals surface area contributed by atoms with Gasteiger partial charge in [-0.1, -0.05) is 28.1 Å². The molecule has 1 aliphatic carbocycles. The van der Waals surface area contributed by atoms with Crippen molar-refractivity contribution in [2.45, 2.75) is 31.9 Å². The molecule has 146 valence electrons. The van der Waals surface area contributed by atoms with Gasteiger partial charge in [0.1, 0.15) is 0 Å². The first kappa shape index (κ1) is 19.9. The van der Waals surface area contributed by atoms with Gasteiger partial charge in [-0.2, -0.15) is 13.2 Å². The Labute approximate surface area is 163 Å². The summed E-state index contributed by atoms with van der Waals surface area (Å²) >= 11 is 2.88. The number of likely N-dealkylation sites (tertiary alicyclic amines) is 1. The molecule has 2 amide bonds. The van der Waals surface area contributed by atoms with Gasteiger partial charge in [0.25, 0.3) is 0 Å². The van der Waals surface area contributed by atoms with Crippen molar-refractivity contribution < 1.29 is 22.8 Å². The third-order valence-electron chi connectivity index (χ3n) is 5.04. The normalized spacial score (nSPS) is 22.7. The van der Waals surface area contributed by atoms with E-state index in [2.05, 4.69) is 21.2 Å². The quantitative estimate of drug-likeness (QED) is 0.691. The second kappa shape index (κ2) is 8.04. The molecule has 0 bridgehead atoms. The molecule has 3 rings (SSSR count). The van der Waals surface area contributed by atoms with E-state index in [0.717, 1.165) is 18.9 Å². The van der Waals surface area contributed by atoms with Crippen LogP contribution in [0.4, 0.5) is 18.9 Å². The molecule has 27 heavy (non-hydrogen) atoms. The zero-order chi connectivity index (χ0) is 19.6. The molecule has 0 radical (unpaired) electrons. The Balaban J connectivity index is 1.76. The highest BCUT2D eigenvalue weighted by atomic mass is 79.9. The summed E-state index contributed by atoms with van der Waals surface area (Å²) in [5, 5.41) is 2.56. The number of anilines is 1. The Morgan fingerprint density at radius 2 is 1.70 bits per heavy atom. The molecule has 4 nitrogen and oxygen atoms in total. The fourth-order valence-electron chi connectivity index (χ4n) is 3.60. The average molecular weight is 445 g/mol. The number of rotatable bonds is 3. The molecule has 0 aromatic heterocycles. The van der Waals surface area contributed by atoms with Crippen molar-refractivity contribution in [2.24, 2.45) is 11.8 Å². The minimum absolute atomic E-state index is 0.0382. The monoisotopic (exact) mass is 444 g/mol. The summed E-state index contributed by atoms with van der Waals surface area (Å²) in [6.45, 7) is 1.41. The predicted octanol–water partition coefficient (Wildman–Crippen LogP) is 4.61. The summed E-state index contributed by atoms with van der Waals surface area (Å²) in [4.78, 5) is 27.3. The fourth-order valence-corrected chi connectivity index (χ4v) is 4.08. The van der Waals surface area contributed by atoms with Gasteiger partial charge >= 0.3 is 6.18 Å². The number of hydrogen-bond donors (Lipinski definition) is 1. The number of carbonyl (C=O) groups excluding carboxylic acids is 2. The number of hydrogen-bond acceptors (Lipinski definition) is 2. The highest BCUT2D eigenvalue weighted by Crippen LogP contribution is 2.37. The molecule has 1 heterocycles. The third kappa shape index (κ3) is 4.54. The molecule has 0 unspecified atom stereocenters. The first-order valence-corrected chi connectivity index (χ1v) is 9.68. The van der Waals surface area contributed by atoms with Gasteiger partial charge in [-0.25, -0.2) is 0 Å². The number of allylic oxidation sites excluding steroid dienone is 2. The Hall–Kier alpha value is -1.83. The molecule has 0 spiro atoms. The number of nitrogens with zero attached hydrogens (tertiary/aromatic N) is 1. The van der Waals surface area contributed by atoms with Gasteiger partial charge in [0, 0.05) is 23.2 Å². The van der Waals surface area contributed by atoms with Crippen LogP contribution < -0.4 is 5.32 Å². The molecular formula is C19H20BrF3N2O2. The number of amides is 2. The summed E-state index contributed by atoms with van der Waals surface area (Å²) in [5.74, 6) is -1.51. The highest BCUT2D eigenvalue weighted by Gasteiger charge is 2.37. The van der Waals surface area contributed by atoms with Crippen LogP contribution in [0.15, 0.2) is 34.8 Å². The maximum absolute atomic E-state index is 13.1. The number of benzene rings is 1. The molecule has 0 saturated carbocycles. The first-order valence-electron chi connectivity index (χ1n) is 8.89. The van der Waals surface area contributed by atoms with Crippen LogP contribution in [0.25, 0.3) is 0 Å². The van der Waals surface area contributed by atoms with Crippen LogP contribution in [-0.4, -0.2) is 29.8 Å². The van der Waals surface area contributed by atoms with Crippen LogP contribution in [0.3, 0.4) is 0 Å². The lowest BCUT2D eigenvalue weighted by Crippen LogP contribution is -2.42. The zero-order valence-electron chi connectivity index (χ0n) is 14.6. The van der Waals surface area contributed by atoms with E-state index in [1.807, 2.05) is 12.2 Å². The van der Waals surface area contributed by atoms with Gasteiger partial charge in [0.15, 0.2) is 0 Å². The molecule has 2 aliphatic rings. The lowest BCUT2D eigenvalue weighted by Gasteiger charge is -2.30. The van der Waals surface area contributed by atoms with Crippen LogP contribution in [0.2, 0.25) is 0 Å². The van der Waals surface area contributed by atoms with E-state index >= 15 is 0 Å². The Morgan fingerprint density at radius 1 is 1.07 bits per heavy atom. The molecule has 1 aromatic rings. The second-order valence-corrected chi connectivity index (χ2v) is 7.72. The Morgan fingerprint density at radius 3 is 2.33 bits per heavy atom. The van der Waals surface area contributed by atoms with Crippen LogP contribution in [0, 0.1) is 11.8 Å². The molecule has 1 aliphatic heterocycles. The SMILES string of the molecule is O=C(Nc1ccc(Br)c(C(F)(F)F)c1)[C@@H]1CC=CC[C@H]1C(=O)N1CCCC1. The minimum Gasteiger partial charge on any atom is -0.342 e. The van der Waals surface area contributed by atoms with Crippen LogP contribution in [-0.2, 0) is 15.8 Å². The molecule has 1 saturated heterocycles. The van der Waals surface area contributed by atoms with Gasteiger partial charge in [0.2, 0.25) is 11.8 Å². The third-order valence-corrected chi connectivity index (χ3v) is 5.73. The standard InChI is InChI=1S/C19H20BrF3N2O2/c20-16-8-7-12(11-15(16)19(21,22)23)24-17(26)13-5-1-2-6-14(13)18(27)25-9-3-4-10-25/h1-2,7-8,11,13-14H,3-6,9-10H2,(H,24,26)/t13-,14-/m1/s1. The number of nitrogens with one attached hydrogen (secondary N) is 1. The Bertz CT molecular complexity index is 758. The fraction of sp³-hybridized carbons (Fsp3) is 0.474. The molecule has 8 heteroatoms. The number of carbonyl (C=O) groups is 2. The molecular weight excluding hydrogens is 425 g/mol. The summed E-state index contributed by atoms with van der Waals surface area (Å²) in [6, 6.07) is 3.57. The van der Waals surface area contributed by atoms with Gasteiger partial charge in [-0.05, 0) is 43.9 Å². The van der Waals surface area contributed by atoms with Crippen molar-refractivity contribution in [3.63, 3.8) is 0 Å². The maximum Gasteiger partial charge on any atom is 0.417 e. The van der Waals surface area contributed by atoms with Crippen LogP contribution in [0.5, 0.6) is 0 Å². The molecule has 2 atom stereocenters. The van der Waals surface area contributed by atoms with E-state index in [0.29, 0.717) is 25.9 Å². The average Bonchev–Trinajstić information content (AvgIpc) is 3.16. The molecule has 1 N–H and O–H groups in total. The van der Waals surface area contributed by atoms with Crippen molar-refractivity contribution >= 4 is 33.4 Å². The molecule has 1 aromatic carbocycles. The highest BCUT2D eigenvalue weighted by molar-refractivity contribution is 9.10. The minimum atomic E-state index is -4.53. The van der Waals surface area contributed by atoms with E-state index in [4.69, 9.17) is 0 Å². The van der Waals surface area contributed by atoms with E-state index in [9.17, 15) is 22.8 Å². The summed E-state index contributed by atoms with van der Waals surface area (Å²) < 4.78 is 39.1. The number of halogens is 4. The van der Waals surface area contributed by atoms with Crippen LogP contribution in [0.1, 0.15) is 31.2 Å². The van der Waals surface area contributed by atoms with Crippen molar-refractivity contribution in [3.05, 3.63) is 40.4 Å². The van der Waals surface area contributed by atoms with E-state index in [1.54, 1.807) is 4.90 Å². The maximum atomic E-state index is 13.1. The van der Waals surface area contributed by atoms with E-state index < -0.39 is 29.5 Å². The van der Waals surface area contributed by atoms with Crippen LogP contribution >= 0.6 is 15.9 Å². The Kier molecular flexibility index (Phi) is 5.93. The van der Waals surface area contributed by atoms with Crippen molar-refractivity contribution in [3.8, 4) is 0 Å². The van der Waals surface area contributed by atoms with E-state index in [-0.39, 0.29) is 16.1 Å². The van der Waals surface area contributed by atoms with Gasteiger partial charge in [0.05, 0.1) is 17.4 Å². The van der Waals surface area contributed by atoms with Crippen molar-refractivity contribution in [1.29, 1.82) is 0 Å². The summed E-state index contributed by atoms with van der Waals surface area (Å²) in [6.07, 6.45) is 2.01. The topological polar surface area (TPSA) is 49.4 Å².